The summed E-state index contributed by atoms with van der Waals surface area (Å²) in [5.74, 6) is -9.01. The third-order valence-electron chi connectivity index (χ3n) is 18.8. The standard InChI is InChI=1S/C20H26N4O8.C19H24N4O8.C18H22N4O7.C14H20N4O7/c1-10(30-7-11-5-3-2-4-6-11)13(21)20(29)31-8-12-15(25)16(26)19(32-12)24-9-23-14(17(22)27)18(24)28;20-11(7-29-6-10-4-2-1-3-5-10)19(28)30-8-12-14(24)15(25)18(31-12)23-9-22-13(16(21)26)17(23)27;19-10(6-9-4-2-1-3-5-9)18(27)28-7-11-13(23)14(24)17(29-11)22-8-21-12(15(20)25)16(22)26;15-11(21)8-12(22)18(5-17-8)13-10(20)9(19)7(25-13)4-24-14(23)6-2-1-3-16-6/h2-6,9-10,12-13,15-16,19,25-26,28H,7-8,21H2,1H3,(H2,22,27);1-5,9,11-12,14-15,18,24-25,27H,6-8,20H2,(H2,21,26);1-5,8,10-11,13-14,17,23-24,26H,6-7,19H2,(H2,20,25);5-7,9-10,13,16,19-20,22H,1-4H2,(H2,15,21)/t10-,12-,13+,15?,16-,19-;11-,12+,14?,15+,18+;10-,11+,13?,14+,17+;6-,7+,9?,10+,13+/m1000/s1. The number of ether oxygens (including phenoxy) is 10. The molecule has 5 aliphatic rings. The largest absolute Gasteiger partial charge is 0.493 e. The van der Waals surface area contributed by atoms with Crippen LogP contribution in [-0.4, -0.2) is 290 Å². The summed E-state index contributed by atoms with van der Waals surface area (Å²) in [5, 5.41) is 124. The lowest BCUT2D eigenvalue weighted by Crippen LogP contribution is -2.44. The first kappa shape index (κ1) is 89.7. The number of nitrogens with two attached hydrogens (primary N) is 7. The van der Waals surface area contributed by atoms with Crippen LogP contribution in [0.5, 0.6) is 23.5 Å². The van der Waals surface area contributed by atoms with Gasteiger partial charge in [0.1, 0.15) is 149 Å². The van der Waals surface area contributed by atoms with Gasteiger partial charge < -0.3 is 154 Å². The SMILES string of the molecule is C[C@@H](OCc1ccccc1)[C@H](N)C(=O)OC[C@H]1O[C@@H](n2cnc(C(N)=O)c2O)[C@H](O)C1O.NC(=O)c1ncn([C@@H]2O[C@H](COC(=O)[C@@H](N)COCc3ccccc3)C(O)[C@H]2O)c1O.NC(=O)c1ncn([C@@H]2O[C@H](COC(=O)[C@@H](N)Cc3ccccc3)C(O)[C@H]2O)c1O.NC(=O)c1ncn([C@@H]2O[C@H](COC(=O)[C@@H]3CCCN3)C(O)[C@H]2O)c1O. The van der Waals surface area contributed by atoms with E-state index >= 15 is 0 Å². The molecular weight excluding hydrogens is 1560 g/mol. The van der Waals surface area contributed by atoms with Gasteiger partial charge in [-0.15, -0.1) is 0 Å². The molecule has 4 amide bonds. The Bertz CT molecular complexity index is 4480. The van der Waals surface area contributed by atoms with Crippen molar-refractivity contribution in [3.8, 4) is 23.5 Å². The van der Waals surface area contributed by atoms with Crippen molar-refractivity contribution in [3.63, 3.8) is 0 Å². The Labute approximate surface area is 662 Å². The molecule has 21 atom stereocenters. The van der Waals surface area contributed by atoms with Crippen LogP contribution in [0, 0.1) is 0 Å². The highest BCUT2D eigenvalue weighted by molar-refractivity contribution is 5.94. The molecule has 4 unspecified atom stereocenters. The average molecular weight is 1650 g/mol. The van der Waals surface area contributed by atoms with Gasteiger partial charge in [-0.05, 0) is 49.4 Å². The molecule has 0 bridgehead atoms. The lowest BCUT2D eigenvalue weighted by molar-refractivity contribution is -0.155. The molecule has 27 N–H and O–H groups in total. The van der Waals surface area contributed by atoms with E-state index in [1.807, 2.05) is 91.0 Å². The number of carbonyl (C=O) groups is 8. The topological polar surface area (TPSA) is 737 Å². The fraction of sp³-hybridized carbons (Fsp3) is 0.465. The van der Waals surface area contributed by atoms with E-state index < -0.39 is 224 Å². The van der Waals surface area contributed by atoms with E-state index in [-0.39, 0.29) is 51.2 Å². The number of carbonyl (C=O) groups excluding carboxylic acids is 8. The van der Waals surface area contributed by atoms with Crippen LogP contribution in [0.4, 0.5) is 0 Å². The van der Waals surface area contributed by atoms with Crippen LogP contribution in [0.15, 0.2) is 116 Å². The Morgan fingerprint density at radius 2 is 0.761 bits per heavy atom. The summed E-state index contributed by atoms with van der Waals surface area (Å²) in [7, 11) is 0. The second-order valence-electron chi connectivity index (χ2n) is 27.0. The van der Waals surface area contributed by atoms with E-state index in [0.717, 1.165) is 73.2 Å². The number of amides is 4. The fourth-order valence-corrected chi connectivity index (χ4v) is 12.2. The highest BCUT2D eigenvalue weighted by atomic mass is 16.6. The van der Waals surface area contributed by atoms with Crippen molar-refractivity contribution >= 4 is 47.5 Å². The first-order valence-electron chi connectivity index (χ1n) is 36.0. The second kappa shape index (κ2) is 41.0. The van der Waals surface area contributed by atoms with Gasteiger partial charge in [-0.2, -0.15) is 0 Å². The first-order chi connectivity index (χ1) is 55.7. The number of benzene rings is 3. The van der Waals surface area contributed by atoms with Gasteiger partial charge in [-0.1, -0.05) is 91.0 Å². The number of nitrogens with one attached hydrogen (secondary N) is 1. The molecule has 3 aromatic carbocycles. The summed E-state index contributed by atoms with van der Waals surface area (Å²) in [6.45, 7) is 1.40. The fourth-order valence-electron chi connectivity index (χ4n) is 12.2. The van der Waals surface area contributed by atoms with E-state index in [4.69, 9.17) is 87.5 Å². The van der Waals surface area contributed by atoms with E-state index in [2.05, 4.69) is 25.3 Å². The Balaban J connectivity index is 0.000000179. The predicted octanol–water partition coefficient (Wildman–Crippen LogP) is -6.80. The molecule has 46 heteroatoms. The third-order valence-corrected chi connectivity index (χ3v) is 18.8. The molecule has 0 saturated carbocycles. The van der Waals surface area contributed by atoms with Crippen molar-refractivity contribution in [2.45, 2.75) is 168 Å². The molecule has 117 heavy (non-hydrogen) atoms. The molecule has 636 valence electrons. The summed E-state index contributed by atoms with van der Waals surface area (Å²) in [4.78, 5) is 108. The van der Waals surface area contributed by atoms with Gasteiger partial charge in [0.05, 0.1) is 25.9 Å². The van der Waals surface area contributed by atoms with Crippen molar-refractivity contribution < 1.29 is 147 Å². The summed E-state index contributed by atoms with van der Waals surface area (Å²) >= 11 is 0. The van der Waals surface area contributed by atoms with Crippen LogP contribution >= 0.6 is 0 Å². The Kier molecular flexibility index (Phi) is 31.4. The molecule has 12 rings (SSSR count). The number of aliphatic hydroxyl groups is 8. The molecule has 7 aromatic rings. The molecular formula is C71H92N16O30. The maximum atomic E-state index is 12.3. The van der Waals surface area contributed by atoms with Gasteiger partial charge in [0.15, 0.2) is 47.7 Å². The summed E-state index contributed by atoms with van der Waals surface area (Å²) in [6, 6.07) is 24.4. The molecule has 5 aliphatic heterocycles. The van der Waals surface area contributed by atoms with Crippen LogP contribution in [0.1, 0.15) is 103 Å². The number of aromatic nitrogens is 8. The van der Waals surface area contributed by atoms with E-state index in [1.54, 1.807) is 6.92 Å². The number of hydrogen-bond acceptors (Lipinski definition) is 38. The summed E-state index contributed by atoms with van der Waals surface area (Å²) < 4.78 is 57.2. The molecule has 4 aromatic heterocycles. The zero-order valence-corrected chi connectivity index (χ0v) is 62.2. The maximum Gasteiger partial charge on any atom is 0.325 e. The van der Waals surface area contributed by atoms with Gasteiger partial charge in [0.2, 0.25) is 23.5 Å². The highest BCUT2D eigenvalue weighted by Gasteiger charge is 2.50. The second-order valence-corrected chi connectivity index (χ2v) is 27.0. The lowest BCUT2D eigenvalue weighted by atomic mass is 10.1. The van der Waals surface area contributed by atoms with Crippen LogP contribution in [0.2, 0.25) is 0 Å². The zero-order chi connectivity index (χ0) is 85.2. The summed E-state index contributed by atoms with van der Waals surface area (Å²) in [6.07, 6.45) is -15.5. The number of nitrogens with zero attached hydrogens (tertiary/aromatic N) is 8. The minimum atomic E-state index is -1.50. The van der Waals surface area contributed by atoms with Crippen LogP contribution in [0.3, 0.4) is 0 Å². The number of hydrogen-bond donors (Lipinski definition) is 20. The summed E-state index contributed by atoms with van der Waals surface area (Å²) in [5.41, 5.74) is 38.9. The quantitative estimate of drug-likeness (QED) is 0.0147. The minimum absolute atomic E-state index is 0.0775. The lowest BCUT2D eigenvalue weighted by Gasteiger charge is -2.21. The molecule has 9 heterocycles. The number of aliphatic hydroxyl groups excluding tert-OH is 8. The van der Waals surface area contributed by atoms with Crippen molar-refractivity contribution in [2.24, 2.45) is 40.1 Å². The average Bonchev–Trinajstić information content (AvgIpc) is 1.66. The first-order valence-corrected chi connectivity index (χ1v) is 36.0. The van der Waals surface area contributed by atoms with E-state index in [9.17, 15) is 99.6 Å². The number of imidazole rings is 4. The Morgan fingerprint density at radius 3 is 1.09 bits per heavy atom. The van der Waals surface area contributed by atoms with Crippen molar-refractivity contribution in [3.05, 3.63) is 156 Å². The van der Waals surface area contributed by atoms with Crippen molar-refractivity contribution in [2.75, 3.05) is 39.6 Å². The van der Waals surface area contributed by atoms with E-state index in [1.165, 1.54) is 0 Å². The Morgan fingerprint density at radius 1 is 0.444 bits per heavy atom. The monoisotopic (exact) mass is 1650 g/mol. The van der Waals surface area contributed by atoms with Gasteiger partial charge in [0.25, 0.3) is 23.6 Å². The number of aromatic hydroxyl groups is 4. The maximum absolute atomic E-state index is 12.3. The van der Waals surface area contributed by atoms with Gasteiger partial charge >= 0.3 is 23.9 Å². The van der Waals surface area contributed by atoms with Gasteiger partial charge in [0, 0.05) is 0 Å². The Hall–Kier alpha value is -11.3. The molecule has 46 nitrogen and oxygen atoms in total. The van der Waals surface area contributed by atoms with Crippen LogP contribution in [0.25, 0.3) is 0 Å². The van der Waals surface area contributed by atoms with Gasteiger partial charge in [-0.3, -0.25) is 56.6 Å². The van der Waals surface area contributed by atoms with Crippen molar-refractivity contribution in [1.82, 2.24) is 43.5 Å². The normalized spacial score (nSPS) is 26.2. The number of rotatable bonds is 30. The van der Waals surface area contributed by atoms with Crippen LogP contribution in [-0.2, 0) is 86.2 Å². The predicted molar refractivity (Wildman–Crippen MR) is 389 cm³/mol. The smallest absolute Gasteiger partial charge is 0.325 e. The highest BCUT2D eigenvalue weighted by Crippen LogP contribution is 2.38. The minimum Gasteiger partial charge on any atom is -0.493 e. The third kappa shape index (κ3) is 22.3. The zero-order valence-electron chi connectivity index (χ0n) is 62.2. The molecule has 0 radical (unpaired) electrons. The molecule has 5 saturated heterocycles. The number of primary amides is 4. The van der Waals surface area contributed by atoms with Crippen LogP contribution < -0.4 is 45.5 Å². The molecule has 5 fully saturated rings. The molecule has 0 spiro atoms. The molecule has 0 aliphatic carbocycles. The number of esters is 4. The van der Waals surface area contributed by atoms with E-state index in [0.29, 0.717) is 6.42 Å². The van der Waals surface area contributed by atoms with Crippen molar-refractivity contribution in [1.29, 1.82) is 0 Å². The van der Waals surface area contributed by atoms with Gasteiger partial charge in [-0.25, -0.2) is 19.9 Å².